The van der Waals surface area contributed by atoms with Crippen LogP contribution < -0.4 is 14.4 Å². The van der Waals surface area contributed by atoms with E-state index in [1.165, 1.54) is 6.07 Å². The fourth-order valence-corrected chi connectivity index (χ4v) is 4.58. The van der Waals surface area contributed by atoms with Gasteiger partial charge < -0.3 is 14.4 Å². The van der Waals surface area contributed by atoms with Crippen LogP contribution in [0.25, 0.3) is 0 Å². The van der Waals surface area contributed by atoms with Gasteiger partial charge in [-0.25, -0.2) is 9.07 Å². The molecule has 168 valence electrons. The molecule has 2 aliphatic rings. The second-order valence-electron chi connectivity index (χ2n) is 8.55. The summed E-state index contributed by atoms with van der Waals surface area (Å²) in [6.45, 7) is 8.32. The molecule has 1 fully saturated rings. The second kappa shape index (κ2) is 8.74. The van der Waals surface area contributed by atoms with Crippen molar-refractivity contribution in [2.75, 3.05) is 37.9 Å². The molecule has 0 N–H and O–H groups in total. The zero-order valence-corrected chi connectivity index (χ0v) is 18.3. The average Bonchev–Trinajstić information content (AvgIpc) is 3.44. The first-order valence-electron chi connectivity index (χ1n) is 11.0. The SMILES string of the molecule is CC(C)C(c1nnnn1Cc1ccc2c(c1)OCO2)N1CCN(c2ccccc2F)CC1. The largest absolute Gasteiger partial charge is 0.454 e. The van der Waals surface area contributed by atoms with Crippen LogP contribution in [0.3, 0.4) is 0 Å². The number of piperazine rings is 1. The van der Waals surface area contributed by atoms with E-state index in [1.807, 2.05) is 35.0 Å². The number of rotatable bonds is 6. The van der Waals surface area contributed by atoms with Crippen LogP contribution in [0, 0.1) is 11.7 Å². The maximum absolute atomic E-state index is 14.2. The summed E-state index contributed by atoms with van der Waals surface area (Å²) in [6.07, 6.45) is 0. The van der Waals surface area contributed by atoms with Crippen LogP contribution in [0.2, 0.25) is 0 Å². The summed E-state index contributed by atoms with van der Waals surface area (Å²) < 4.78 is 27.0. The van der Waals surface area contributed by atoms with Gasteiger partial charge in [0.05, 0.1) is 18.3 Å². The normalized spacial score (nSPS) is 17.2. The van der Waals surface area contributed by atoms with E-state index in [0.29, 0.717) is 18.2 Å². The topological polar surface area (TPSA) is 68.5 Å². The van der Waals surface area contributed by atoms with E-state index in [0.717, 1.165) is 49.1 Å². The third-order valence-corrected chi connectivity index (χ3v) is 6.13. The molecule has 1 atom stereocenters. The van der Waals surface area contributed by atoms with Crippen LogP contribution in [-0.4, -0.2) is 58.1 Å². The molecule has 3 aromatic rings. The fourth-order valence-electron chi connectivity index (χ4n) is 4.58. The highest BCUT2D eigenvalue weighted by molar-refractivity contribution is 5.48. The first kappa shape index (κ1) is 20.7. The van der Waals surface area contributed by atoms with Crippen molar-refractivity contribution >= 4 is 5.69 Å². The Labute approximate surface area is 186 Å². The van der Waals surface area contributed by atoms with Crippen molar-refractivity contribution in [2.24, 2.45) is 5.92 Å². The molecule has 0 aliphatic carbocycles. The van der Waals surface area contributed by atoms with E-state index in [9.17, 15) is 4.39 Å². The Bertz CT molecular complexity index is 1080. The Kier molecular flexibility index (Phi) is 5.65. The zero-order valence-electron chi connectivity index (χ0n) is 18.3. The van der Waals surface area contributed by atoms with Crippen molar-refractivity contribution in [1.82, 2.24) is 25.1 Å². The number of para-hydroxylation sites is 1. The number of tetrazole rings is 1. The third kappa shape index (κ3) is 4.00. The van der Waals surface area contributed by atoms with Crippen LogP contribution in [0.5, 0.6) is 11.5 Å². The number of hydrogen-bond acceptors (Lipinski definition) is 7. The molecule has 0 amide bonds. The van der Waals surface area contributed by atoms with Crippen LogP contribution >= 0.6 is 0 Å². The monoisotopic (exact) mass is 438 g/mol. The van der Waals surface area contributed by atoms with Gasteiger partial charge in [-0.3, -0.25) is 4.90 Å². The van der Waals surface area contributed by atoms with Gasteiger partial charge in [0.2, 0.25) is 6.79 Å². The molecule has 32 heavy (non-hydrogen) atoms. The summed E-state index contributed by atoms with van der Waals surface area (Å²) in [5.74, 6) is 2.50. The minimum Gasteiger partial charge on any atom is -0.454 e. The zero-order chi connectivity index (χ0) is 22.1. The van der Waals surface area contributed by atoms with Crippen molar-refractivity contribution in [3.8, 4) is 11.5 Å². The predicted molar refractivity (Wildman–Crippen MR) is 117 cm³/mol. The molecular formula is C23H27FN6O2. The number of fused-ring (bicyclic) bond motifs is 1. The van der Waals surface area contributed by atoms with Crippen molar-refractivity contribution < 1.29 is 13.9 Å². The summed E-state index contributed by atoms with van der Waals surface area (Å²) in [5.41, 5.74) is 1.72. The number of halogens is 1. The minimum absolute atomic E-state index is 0.0711. The molecule has 0 radical (unpaired) electrons. The molecule has 1 unspecified atom stereocenters. The molecule has 8 nitrogen and oxygen atoms in total. The summed E-state index contributed by atoms with van der Waals surface area (Å²) in [7, 11) is 0. The average molecular weight is 439 g/mol. The Balaban J connectivity index is 1.32. The Hall–Kier alpha value is -3.20. The lowest BCUT2D eigenvalue weighted by molar-refractivity contribution is 0.135. The molecule has 9 heteroatoms. The summed E-state index contributed by atoms with van der Waals surface area (Å²) in [5, 5.41) is 12.7. The van der Waals surface area contributed by atoms with Crippen molar-refractivity contribution in [3.05, 3.63) is 59.7 Å². The van der Waals surface area contributed by atoms with Gasteiger partial charge in [0.25, 0.3) is 0 Å². The third-order valence-electron chi connectivity index (χ3n) is 6.13. The van der Waals surface area contributed by atoms with Gasteiger partial charge >= 0.3 is 0 Å². The number of anilines is 1. The number of nitrogens with zero attached hydrogens (tertiary/aromatic N) is 6. The first-order valence-corrected chi connectivity index (χ1v) is 11.0. The Morgan fingerprint density at radius 1 is 1.00 bits per heavy atom. The number of aromatic nitrogens is 4. The van der Waals surface area contributed by atoms with Gasteiger partial charge in [0.1, 0.15) is 5.82 Å². The lowest BCUT2D eigenvalue weighted by Crippen LogP contribution is -2.49. The van der Waals surface area contributed by atoms with E-state index in [-0.39, 0.29) is 18.7 Å². The van der Waals surface area contributed by atoms with Crippen LogP contribution in [0.4, 0.5) is 10.1 Å². The molecule has 0 bridgehead atoms. The van der Waals surface area contributed by atoms with Crippen LogP contribution in [0.1, 0.15) is 31.3 Å². The van der Waals surface area contributed by atoms with Crippen LogP contribution in [-0.2, 0) is 6.54 Å². The van der Waals surface area contributed by atoms with Crippen molar-refractivity contribution in [2.45, 2.75) is 26.4 Å². The Morgan fingerprint density at radius 3 is 2.56 bits per heavy atom. The quantitative estimate of drug-likeness (QED) is 0.586. The molecule has 2 aliphatic heterocycles. The van der Waals surface area contributed by atoms with Gasteiger partial charge in [-0.2, -0.15) is 0 Å². The molecule has 3 heterocycles. The standard InChI is InChI=1S/C23H27FN6O2/c1-16(2)22(29-11-9-28(10-12-29)19-6-4-3-5-18(19)24)23-25-26-27-30(23)14-17-7-8-20-21(13-17)32-15-31-20/h3-8,13,16,22H,9-12,14-15H2,1-2H3. The highest BCUT2D eigenvalue weighted by Gasteiger charge is 2.32. The van der Waals surface area contributed by atoms with Gasteiger partial charge in [-0.05, 0) is 46.2 Å². The van der Waals surface area contributed by atoms with E-state index < -0.39 is 0 Å². The lowest BCUT2D eigenvalue weighted by atomic mass is 10.0. The van der Waals surface area contributed by atoms with E-state index in [4.69, 9.17) is 9.47 Å². The highest BCUT2D eigenvalue weighted by Crippen LogP contribution is 2.33. The number of hydrogen-bond donors (Lipinski definition) is 0. The van der Waals surface area contributed by atoms with Crippen molar-refractivity contribution in [1.29, 1.82) is 0 Å². The summed E-state index contributed by atoms with van der Waals surface area (Å²) >= 11 is 0. The molecular weight excluding hydrogens is 411 g/mol. The molecule has 1 saturated heterocycles. The first-order chi connectivity index (χ1) is 15.6. The summed E-state index contributed by atoms with van der Waals surface area (Å²) in [6, 6.07) is 12.9. The van der Waals surface area contributed by atoms with Gasteiger partial charge in [-0.1, -0.05) is 32.0 Å². The molecule has 0 saturated carbocycles. The number of benzene rings is 2. The van der Waals surface area contributed by atoms with Gasteiger partial charge in [0.15, 0.2) is 17.3 Å². The maximum atomic E-state index is 14.2. The van der Waals surface area contributed by atoms with E-state index in [2.05, 4.69) is 39.2 Å². The summed E-state index contributed by atoms with van der Waals surface area (Å²) in [4.78, 5) is 4.52. The van der Waals surface area contributed by atoms with Crippen LogP contribution in [0.15, 0.2) is 42.5 Å². The highest BCUT2D eigenvalue weighted by atomic mass is 19.1. The fraction of sp³-hybridized carbons (Fsp3) is 0.435. The van der Waals surface area contributed by atoms with E-state index in [1.54, 1.807) is 6.07 Å². The van der Waals surface area contributed by atoms with E-state index >= 15 is 0 Å². The molecule has 0 spiro atoms. The van der Waals surface area contributed by atoms with Gasteiger partial charge in [0, 0.05) is 26.2 Å². The van der Waals surface area contributed by atoms with Gasteiger partial charge in [-0.15, -0.1) is 5.10 Å². The smallest absolute Gasteiger partial charge is 0.231 e. The lowest BCUT2D eigenvalue weighted by Gasteiger charge is -2.41. The maximum Gasteiger partial charge on any atom is 0.231 e. The molecule has 1 aromatic heterocycles. The second-order valence-corrected chi connectivity index (χ2v) is 8.55. The predicted octanol–water partition coefficient (Wildman–Crippen LogP) is 3.11. The Morgan fingerprint density at radius 2 is 1.78 bits per heavy atom. The molecule has 5 rings (SSSR count). The van der Waals surface area contributed by atoms with Crippen molar-refractivity contribution in [3.63, 3.8) is 0 Å². The number of ether oxygens (including phenoxy) is 2. The minimum atomic E-state index is -0.172. The molecule has 2 aromatic carbocycles.